The van der Waals surface area contributed by atoms with Crippen LogP contribution >= 0.6 is 0 Å². The minimum atomic E-state index is -0.812. The van der Waals surface area contributed by atoms with Crippen molar-refractivity contribution < 1.29 is 14.2 Å². The van der Waals surface area contributed by atoms with E-state index in [4.69, 9.17) is 9.84 Å². The zero-order valence-electron chi connectivity index (χ0n) is 13.4. The van der Waals surface area contributed by atoms with E-state index in [1.165, 1.54) is 32.1 Å². The first-order chi connectivity index (χ1) is 10.3. The van der Waals surface area contributed by atoms with Crippen LogP contribution in [-0.2, 0) is 4.74 Å². The van der Waals surface area contributed by atoms with Crippen molar-refractivity contribution in [3.8, 4) is 0 Å². The molecule has 1 fully saturated rings. The molecule has 1 aliphatic rings. The monoisotopic (exact) mass is 300 g/mol. The van der Waals surface area contributed by atoms with Gasteiger partial charge in [0, 0.05) is 13.2 Å². The van der Waals surface area contributed by atoms with Gasteiger partial charge in [-0.25, -0.2) is 4.39 Å². The maximum atomic E-state index is 13.9. The molecule has 0 aliphatic heterocycles. The third kappa shape index (κ3) is 8.57. The lowest BCUT2D eigenvalue weighted by atomic mass is 9.86. The Kier molecular flexibility index (Phi) is 10.8. The van der Waals surface area contributed by atoms with Gasteiger partial charge in [-0.05, 0) is 38.0 Å². The molecule has 2 nitrogen and oxygen atoms in total. The molecule has 1 saturated carbocycles. The van der Waals surface area contributed by atoms with Crippen LogP contribution < -0.4 is 0 Å². The van der Waals surface area contributed by atoms with Gasteiger partial charge in [0.15, 0.2) is 0 Å². The van der Waals surface area contributed by atoms with Gasteiger partial charge in [-0.3, -0.25) is 0 Å². The highest BCUT2D eigenvalue weighted by atomic mass is 19.1. The summed E-state index contributed by atoms with van der Waals surface area (Å²) in [7, 11) is 0. The van der Waals surface area contributed by atoms with Gasteiger partial charge in [0.05, 0.1) is 6.10 Å². The van der Waals surface area contributed by atoms with E-state index in [1.54, 1.807) is 0 Å². The summed E-state index contributed by atoms with van der Waals surface area (Å²) in [6.45, 7) is 4.78. The average Bonchev–Trinajstić information content (AvgIpc) is 2.50. The van der Waals surface area contributed by atoms with Gasteiger partial charge in [0.1, 0.15) is 6.17 Å². The Bertz CT molecular complexity index is 258. The van der Waals surface area contributed by atoms with Crippen molar-refractivity contribution in [1.82, 2.24) is 0 Å². The number of hydrogen-bond acceptors (Lipinski definition) is 2. The lowest BCUT2D eigenvalue weighted by molar-refractivity contribution is -0.0327. The predicted octanol–water partition coefficient (Wildman–Crippen LogP) is 4.81. The van der Waals surface area contributed by atoms with Crippen molar-refractivity contribution in [2.24, 2.45) is 5.92 Å². The fourth-order valence-electron chi connectivity index (χ4n) is 3.03. The Labute approximate surface area is 129 Å². The number of alkyl halides is 1. The molecule has 124 valence electrons. The summed E-state index contributed by atoms with van der Waals surface area (Å²) in [5.74, 6) is 0.339. The lowest BCUT2D eigenvalue weighted by Gasteiger charge is -2.30. The molecular weight excluding hydrogens is 267 g/mol. The van der Waals surface area contributed by atoms with Crippen LogP contribution in [0.25, 0.3) is 0 Å². The Morgan fingerprint density at radius 2 is 1.62 bits per heavy atom. The quantitative estimate of drug-likeness (QED) is 0.414. The SMILES string of the molecule is C=CC1CCC(OCCCCCCCCCCO)C(F)C1. The van der Waals surface area contributed by atoms with Crippen molar-refractivity contribution >= 4 is 0 Å². The molecule has 0 radical (unpaired) electrons. The van der Waals surface area contributed by atoms with Crippen molar-refractivity contribution in [2.45, 2.75) is 82.9 Å². The van der Waals surface area contributed by atoms with E-state index in [9.17, 15) is 4.39 Å². The first-order valence-corrected chi connectivity index (χ1v) is 8.77. The molecule has 0 aromatic heterocycles. The second-order valence-electron chi connectivity index (χ2n) is 6.29. The van der Waals surface area contributed by atoms with Crippen LogP contribution in [0.3, 0.4) is 0 Å². The van der Waals surface area contributed by atoms with Gasteiger partial charge < -0.3 is 9.84 Å². The van der Waals surface area contributed by atoms with E-state index >= 15 is 0 Å². The lowest BCUT2D eigenvalue weighted by Crippen LogP contribution is -2.32. The molecule has 3 atom stereocenters. The van der Waals surface area contributed by atoms with E-state index in [0.717, 1.165) is 32.1 Å². The molecule has 3 heteroatoms. The van der Waals surface area contributed by atoms with Crippen molar-refractivity contribution in [3.63, 3.8) is 0 Å². The molecular formula is C18H33FO2. The summed E-state index contributed by atoms with van der Waals surface area (Å²) in [4.78, 5) is 0. The van der Waals surface area contributed by atoms with E-state index in [2.05, 4.69) is 6.58 Å². The second kappa shape index (κ2) is 12.2. The molecule has 1 rings (SSSR count). The molecule has 0 heterocycles. The summed E-state index contributed by atoms with van der Waals surface area (Å²) in [6, 6.07) is 0. The van der Waals surface area contributed by atoms with Crippen molar-refractivity contribution in [2.75, 3.05) is 13.2 Å². The number of rotatable bonds is 12. The number of aliphatic hydroxyl groups is 1. The Morgan fingerprint density at radius 3 is 2.19 bits per heavy atom. The van der Waals surface area contributed by atoms with Crippen LogP contribution in [-0.4, -0.2) is 30.6 Å². The standard InChI is InChI=1S/C18H33FO2/c1-2-16-11-12-18(17(19)15-16)21-14-10-8-6-4-3-5-7-9-13-20/h2,16-18,20H,1,3-15H2. The van der Waals surface area contributed by atoms with Gasteiger partial charge >= 0.3 is 0 Å². The average molecular weight is 300 g/mol. The van der Waals surface area contributed by atoms with Crippen LogP contribution in [0.2, 0.25) is 0 Å². The summed E-state index contributed by atoms with van der Waals surface area (Å²) < 4.78 is 19.6. The Hall–Kier alpha value is -0.410. The highest BCUT2D eigenvalue weighted by molar-refractivity contribution is 4.89. The van der Waals surface area contributed by atoms with Gasteiger partial charge in [-0.15, -0.1) is 6.58 Å². The van der Waals surface area contributed by atoms with Crippen LogP contribution in [0, 0.1) is 5.92 Å². The first-order valence-electron chi connectivity index (χ1n) is 8.77. The number of ether oxygens (including phenoxy) is 1. The normalized spacial score (nSPS) is 25.9. The smallest absolute Gasteiger partial charge is 0.127 e. The van der Waals surface area contributed by atoms with E-state index < -0.39 is 6.17 Å². The van der Waals surface area contributed by atoms with Crippen LogP contribution in [0.15, 0.2) is 12.7 Å². The summed E-state index contributed by atoms with van der Waals surface area (Å²) in [6.07, 6.45) is 12.6. The van der Waals surface area contributed by atoms with E-state index in [1.807, 2.05) is 6.08 Å². The van der Waals surface area contributed by atoms with E-state index in [-0.39, 0.29) is 6.10 Å². The molecule has 0 aromatic carbocycles. The molecule has 0 amide bonds. The highest BCUT2D eigenvalue weighted by Crippen LogP contribution is 2.29. The molecule has 1 N–H and O–H groups in total. The molecule has 0 bridgehead atoms. The number of halogens is 1. The minimum Gasteiger partial charge on any atom is -0.396 e. The summed E-state index contributed by atoms with van der Waals surface area (Å²) >= 11 is 0. The highest BCUT2D eigenvalue weighted by Gasteiger charge is 2.29. The zero-order chi connectivity index (χ0) is 15.3. The Morgan fingerprint density at radius 1 is 1.00 bits per heavy atom. The third-order valence-corrected chi connectivity index (χ3v) is 4.47. The zero-order valence-corrected chi connectivity index (χ0v) is 13.4. The molecule has 1 aliphatic carbocycles. The van der Waals surface area contributed by atoms with Gasteiger partial charge in [0.2, 0.25) is 0 Å². The minimum absolute atomic E-state index is 0.181. The summed E-state index contributed by atoms with van der Waals surface area (Å²) in [5, 5.41) is 8.68. The van der Waals surface area contributed by atoms with Crippen LogP contribution in [0.1, 0.15) is 70.6 Å². The first kappa shape index (κ1) is 18.6. The molecule has 0 saturated heterocycles. The fourth-order valence-corrected chi connectivity index (χ4v) is 3.03. The third-order valence-electron chi connectivity index (χ3n) is 4.47. The van der Waals surface area contributed by atoms with Crippen LogP contribution in [0.4, 0.5) is 4.39 Å². The number of aliphatic hydroxyl groups excluding tert-OH is 1. The largest absolute Gasteiger partial charge is 0.396 e. The number of hydrogen-bond donors (Lipinski definition) is 1. The van der Waals surface area contributed by atoms with Crippen LogP contribution in [0.5, 0.6) is 0 Å². The van der Waals surface area contributed by atoms with Gasteiger partial charge in [-0.1, -0.05) is 44.6 Å². The predicted molar refractivity (Wildman–Crippen MR) is 86.2 cm³/mol. The Balaban J connectivity index is 1.89. The van der Waals surface area contributed by atoms with E-state index in [0.29, 0.717) is 25.6 Å². The van der Waals surface area contributed by atoms with Crippen molar-refractivity contribution in [1.29, 1.82) is 0 Å². The maximum absolute atomic E-state index is 13.9. The molecule has 21 heavy (non-hydrogen) atoms. The second-order valence-corrected chi connectivity index (χ2v) is 6.29. The number of allylic oxidation sites excluding steroid dienone is 1. The maximum Gasteiger partial charge on any atom is 0.127 e. The fraction of sp³-hybridized carbons (Fsp3) is 0.889. The number of unbranched alkanes of at least 4 members (excludes halogenated alkanes) is 7. The summed E-state index contributed by atoms with van der Waals surface area (Å²) in [5.41, 5.74) is 0. The van der Waals surface area contributed by atoms with Gasteiger partial charge in [0.25, 0.3) is 0 Å². The molecule has 0 spiro atoms. The van der Waals surface area contributed by atoms with Crippen molar-refractivity contribution in [3.05, 3.63) is 12.7 Å². The van der Waals surface area contributed by atoms with Gasteiger partial charge in [-0.2, -0.15) is 0 Å². The molecule has 3 unspecified atom stereocenters. The topological polar surface area (TPSA) is 29.5 Å². The molecule has 0 aromatic rings.